The van der Waals surface area contributed by atoms with Gasteiger partial charge in [0.2, 0.25) is 5.91 Å². The van der Waals surface area contributed by atoms with E-state index in [0.717, 1.165) is 0 Å². The normalized spacial score (nSPS) is 19.5. The Hall–Kier alpha value is -1.91. The summed E-state index contributed by atoms with van der Waals surface area (Å²) < 4.78 is 12.7. The fourth-order valence-electron chi connectivity index (χ4n) is 1.83. The molecule has 1 aliphatic heterocycles. The molecule has 1 aromatic rings. The van der Waals surface area contributed by atoms with Gasteiger partial charge in [-0.05, 0) is 24.3 Å². The Kier molecular flexibility index (Phi) is 3.08. The van der Waals surface area contributed by atoms with Crippen LogP contribution in [0.2, 0.25) is 0 Å². The number of carbonyl (C=O) groups is 2. The molecule has 0 saturated carbocycles. The molecule has 0 aliphatic carbocycles. The zero-order chi connectivity index (χ0) is 12.4. The lowest BCUT2D eigenvalue weighted by atomic mass is 10.2. The highest BCUT2D eigenvalue weighted by Crippen LogP contribution is 2.10. The van der Waals surface area contributed by atoms with Gasteiger partial charge in [0.05, 0.1) is 6.04 Å². The molecule has 0 spiro atoms. The first-order chi connectivity index (χ1) is 8.06. The van der Waals surface area contributed by atoms with E-state index >= 15 is 0 Å². The first kappa shape index (κ1) is 11.6. The molecule has 1 aromatic carbocycles. The number of hydrogen-bond acceptors (Lipinski definition) is 2. The summed E-state index contributed by atoms with van der Waals surface area (Å²) in [6.07, 6.45) is 0.323. The lowest BCUT2D eigenvalue weighted by molar-refractivity contribution is -0.126. The number of nitrogens with zero attached hydrogens (tertiary/aromatic N) is 1. The van der Waals surface area contributed by atoms with E-state index in [1.807, 2.05) is 0 Å². The van der Waals surface area contributed by atoms with Gasteiger partial charge in [-0.15, -0.1) is 0 Å². The predicted octanol–water partition coefficient (Wildman–Crippen LogP) is 0.786. The molecular formula is C12H13FN2O2. The fraction of sp³-hybridized carbons (Fsp3) is 0.333. The SMILES string of the molecule is CN1CC(NC(=O)c2ccc(F)cc2)CC1=O. The van der Waals surface area contributed by atoms with Crippen molar-refractivity contribution in [3.8, 4) is 0 Å². The number of benzene rings is 1. The molecule has 1 unspecified atom stereocenters. The Bertz CT molecular complexity index is 444. The summed E-state index contributed by atoms with van der Waals surface area (Å²) in [6, 6.07) is 5.16. The highest BCUT2D eigenvalue weighted by atomic mass is 19.1. The number of rotatable bonds is 2. The quantitative estimate of drug-likeness (QED) is 0.825. The molecule has 0 radical (unpaired) electrons. The number of nitrogens with one attached hydrogen (secondary N) is 1. The van der Waals surface area contributed by atoms with Crippen LogP contribution < -0.4 is 5.32 Å². The zero-order valence-corrected chi connectivity index (χ0v) is 9.44. The summed E-state index contributed by atoms with van der Waals surface area (Å²) in [5.41, 5.74) is 0.397. The molecule has 0 bridgehead atoms. The van der Waals surface area contributed by atoms with E-state index < -0.39 is 0 Å². The van der Waals surface area contributed by atoms with Crippen molar-refractivity contribution in [2.24, 2.45) is 0 Å². The molecule has 5 heteroatoms. The van der Waals surface area contributed by atoms with Crippen molar-refractivity contribution >= 4 is 11.8 Å². The Morgan fingerprint density at radius 2 is 2.06 bits per heavy atom. The maximum atomic E-state index is 12.7. The van der Waals surface area contributed by atoms with Crippen molar-refractivity contribution in [2.45, 2.75) is 12.5 Å². The molecular weight excluding hydrogens is 223 g/mol. The van der Waals surface area contributed by atoms with Gasteiger partial charge in [-0.1, -0.05) is 0 Å². The molecule has 1 atom stereocenters. The second-order valence-electron chi connectivity index (χ2n) is 4.16. The van der Waals surface area contributed by atoms with Crippen LogP contribution in [0.15, 0.2) is 24.3 Å². The van der Waals surface area contributed by atoms with E-state index in [9.17, 15) is 14.0 Å². The summed E-state index contributed by atoms with van der Waals surface area (Å²) >= 11 is 0. The summed E-state index contributed by atoms with van der Waals surface area (Å²) in [5, 5.41) is 2.75. The fourth-order valence-corrected chi connectivity index (χ4v) is 1.83. The minimum absolute atomic E-state index is 0.0226. The summed E-state index contributed by atoms with van der Waals surface area (Å²) in [7, 11) is 1.70. The van der Waals surface area contributed by atoms with Gasteiger partial charge in [0.15, 0.2) is 0 Å². The largest absolute Gasteiger partial charge is 0.347 e. The van der Waals surface area contributed by atoms with Crippen LogP contribution in [-0.2, 0) is 4.79 Å². The minimum Gasteiger partial charge on any atom is -0.347 e. The van der Waals surface area contributed by atoms with Crippen LogP contribution in [0.5, 0.6) is 0 Å². The molecule has 90 valence electrons. The number of carbonyl (C=O) groups excluding carboxylic acids is 2. The maximum Gasteiger partial charge on any atom is 0.251 e. The monoisotopic (exact) mass is 236 g/mol. The van der Waals surface area contributed by atoms with Crippen LogP contribution in [0.1, 0.15) is 16.8 Å². The van der Waals surface area contributed by atoms with E-state index in [2.05, 4.69) is 5.32 Å². The average Bonchev–Trinajstić information content (AvgIpc) is 2.58. The lowest BCUT2D eigenvalue weighted by Gasteiger charge is -2.12. The Morgan fingerprint density at radius 1 is 1.41 bits per heavy atom. The lowest BCUT2D eigenvalue weighted by Crippen LogP contribution is -2.36. The van der Waals surface area contributed by atoms with Crippen molar-refractivity contribution in [1.82, 2.24) is 10.2 Å². The smallest absolute Gasteiger partial charge is 0.251 e. The summed E-state index contributed by atoms with van der Waals surface area (Å²) in [6.45, 7) is 0.520. The van der Waals surface area contributed by atoms with Crippen molar-refractivity contribution in [3.63, 3.8) is 0 Å². The third-order valence-electron chi connectivity index (χ3n) is 2.78. The molecule has 2 rings (SSSR count). The van der Waals surface area contributed by atoms with E-state index in [0.29, 0.717) is 18.5 Å². The van der Waals surface area contributed by atoms with Crippen molar-refractivity contribution in [1.29, 1.82) is 0 Å². The van der Waals surface area contributed by atoms with E-state index in [4.69, 9.17) is 0 Å². The van der Waals surface area contributed by atoms with Crippen LogP contribution in [0.4, 0.5) is 4.39 Å². The average molecular weight is 236 g/mol. The van der Waals surface area contributed by atoms with E-state index in [-0.39, 0.29) is 23.7 Å². The van der Waals surface area contributed by atoms with Gasteiger partial charge in [-0.2, -0.15) is 0 Å². The second kappa shape index (κ2) is 4.53. The van der Waals surface area contributed by atoms with Gasteiger partial charge in [0.25, 0.3) is 5.91 Å². The molecule has 1 heterocycles. The maximum absolute atomic E-state index is 12.7. The molecule has 1 N–H and O–H groups in total. The Morgan fingerprint density at radius 3 is 2.59 bits per heavy atom. The molecule has 0 aromatic heterocycles. The van der Waals surface area contributed by atoms with Crippen molar-refractivity contribution in [3.05, 3.63) is 35.6 Å². The Balaban J connectivity index is 1.98. The zero-order valence-electron chi connectivity index (χ0n) is 9.44. The molecule has 17 heavy (non-hydrogen) atoms. The third kappa shape index (κ3) is 2.61. The number of likely N-dealkylation sites (tertiary alicyclic amines) is 1. The van der Waals surface area contributed by atoms with Gasteiger partial charge >= 0.3 is 0 Å². The van der Waals surface area contributed by atoms with Gasteiger partial charge in [-0.25, -0.2) is 4.39 Å². The first-order valence-corrected chi connectivity index (χ1v) is 5.36. The van der Waals surface area contributed by atoms with E-state index in [1.54, 1.807) is 11.9 Å². The number of amides is 2. The third-order valence-corrected chi connectivity index (χ3v) is 2.78. The molecule has 1 aliphatic rings. The van der Waals surface area contributed by atoms with Gasteiger partial charge in [-0.3, -0.25) is 9.59 Å². The number of likely N-dealkylation sites (N-methyl/N-ethyl adjacent to an activating group) is 1. The van der Waals surface area contributed by atoms with Crippen LogP contribution in [-0.4, -0.2) is 36.3 Å². The number of halogens is 1. The molecule has 2 amide bonds. The highest BCUT2D eigenvalue weighted by Gasteiger charge is 2.27. The summed E-state index contributed by atoms with van der Waals surface area (Å²) in [4.78, 5) is 24.6. The van der Waals surface area contributed by atoms with Crippen LogP contribution >= 0.6 is 0 Å². The topological polar surface area (TPSA) is 49.4 Å². The van der Waals surface area contributed by atoms with Gasteiger partial charge in [0, 0.05) is 25.6 Å². The molecule has 1 saturated heterocycles. The van der Waals surface area contributed by atoms with Crippen LogP contribution in [0.25, 0.3) is 0 Å². The van der Waals surface area contributed by atoms with Crippen molar-refractivity contribution in [2.75, 3.05) is 13.6 Å². The Labute approximate surface area is 98.4 Å². The van der Waals surface area contributed by atoms with Crippen LogP contribution in [0.3, 0.4) is 0 Å². The number of hydrogen-bond donors (Lipinski definition) is 1. The van der Waals surface area contributed by atoms with Crippen LogP contribution in [0, 0.1) is 5.82 Å². The molecule has 4 nitrogen and oxygen atoms in total. The first-order valence-electron chi connectivity index (χ1n) is 5.36. The van der Waals surface area contributed by atoms with Gasteiger partial charge in [0.1, 0.15) is 5.82 Å². The highest BCUT2D eigenvalue weighted by molar-refractivity contribution is 5.95. The summed E-state index contributed by atoms with van der Waals surface area (Å²) in [5.74, 6) is -0.634. The van der Waals surface area contributed by atoms with E-state index in [1.165, 1.54) is 24.3 Å². The molecule has 1 fully saturated rings. The predicted molar refractivity (Wildman–Crippen MR) is 59.9 cm³/mol. The van der Waals surface area contributed by atoms with Crippen molar-refractivity contribution < 1.29 is 14.0 Å². The van der Waals surface area contributed by atoms with Gasteiger partial charge < -0.3 is 10.2 Å². The standard InChI is InChI=1S/C12H13FN2O2/c1-15-7-10(6-11(15)16)14-12(17)8-2-4-9(13)5-3-8/h2-5,10H,6-7H2,1H3,(H,14,17). The minimum atomic E-state index is -0.377. The second-order valence-corrected chi connectivity index (χ2v) is 4.16.